The summed E-state index contributed by atoms with van der Waals surface area (Å²) in [7, 11) is -2.94. The molecule has 8 nitrogen and oxygen atoms in total. The zero-order chi connectivity index (χ0) is 31.6. The summed E-state index contributed by atoms with van der Waals surface area (Å²) in [5.41, 5.74) is 6.28. The van der Waals surface area contributed by atoms with Crippen LogP contribution in [0, 0.1) is 5.82 Å². The summed E-state index contributed by atoms with van der Waals surface area (Å²) in [4.78, 5) is 17.0. The largest absolute Gasteiger partial charge is 0.433 e. The van der Waals surface area contributed by atoms with E-state index in [0.29, 0.717) is 36.5 Å². The zero-order valence-corrected chi connectivity index (χ0v) is 25.2. The van der Waals surface area contributed by atoms with Crippen molar-refractivity contribution in [3.8, 4) is 0 Å². The minimum absolute atomic E-state index is 0.122. The smallest absolute Gasteiger partial charge is 0.324 e. The average molecular weight is 656 g/mol. The molecule has 5 atom stereocenters. The standard InChI is InChI=1S/C30H34ClF4N5O3S/c31-20-8-6-18(7-9-20)27(19-12-13-37-26(15-19)30(33,34)35)28(36)29(41)39-25-5-1-4-24(32)23(25)11-10-22-16-38-21-3-2-14-44(42,43)40(22)17-21/h1,4-9,12-13,15,21-22,27-28,38,42-43H,2-3,10-11,14,16-17,36H2,(H,39,41)/t21?,22?,27-,28-/m0/s1. The van der Waals surface area contributed by atoms with E-state index in [0.717, 1.165) is 18.7 Å². The quantitative estimate of drug-likeness (QED) is 0.188. The van der Waals surface area contributed by atoms with Crippen molar-refractivity contribution in [1.29, 1.82) is 0 Å². The summed E-state index contributed by atoms with van der Waals surface area (Å²) in [6.45, 7) is 0.996. The predicted octanol–water partition coefficient (Wildman–Crippen LogP) is 6.03. The first kappa shape index (κ1) is 32.6. The summed E-state index contributed by atoms with van der Waals surface area (Å²) in [6, 6.07) is 11.2. The molecular formula is C30H34ClF4N5O3S. The molecule has 2 saturated heterocycles. The minimum atomic E-state index is -4.71. The van der Waals surface area contributed by atoms with E-state index >= 15 is 4.39 Å². The fourth-order valence-electron chi connectivity index (χ4n) is 5.95. The summed E-state index contributed by atoms with van der Waals surface area (Å²) in [5.74, 6) is -2.01. The molecule has 0 radical (unpaired) electrons. The van der Waals surface area contributed by atoms with Crippen LogP contribution in [0.4, 0.5) is 23.2 Å². The predicted molar refractivity (Wildman–Crippen MR) is 163 cm³/mol. The molecule has 0 spiro atoms. The Morgan fingerprint density at radius 3 is 2.66 bits per heavy atom. The number of piperazine rings is 1. The highest BCUT2D eigenvalue weighted by atomic mass is 35.5. The number of nitrogens with zero attached hydrogens (tertiary/aromatic N) is 2. The van der Waals surface area contributed by atoms with Crippen LogP contribution in [-0.4, -0.2) is 61.3 Å². The van der Waals surface area contributed by atoms with Crippen LogP contribution >= 0.6 is 22.4 Å². The number of nitrogens with one attached hydrogen (secondary N) is 2. The van der Waals surface area contributed by atoms with Gasteiger partial charge < -0.3 is 16.4 Å². The fraction of sp³-hybridized carbons (Fsp3) is 0.400. The van der Waals surface area contributed by atoms with Crippen LogP contribution < -0.4 is 16.4 Å². The number of carbonyl (C=O) groups excluding carboxylic acids is 1. The molecule has 2 aliphatic heterocycles. The van der Waals surface area contributed by atoms with Crippen LogP contribution in [0.1, 0.15) is 47.6 Å². The maximum Gasteiger partial charge on any atom is 0.433 e. The first-order chi connectivity index (χ1) is 20.8. The molecule has 1 amide bonds. The lowest BCUT2D eigenvalue weighted by molar-refractivity contribution is -0.141. The lowest BCUT2D eigenvalue weighted by Gasteiger charge is -2.49. The molecule has 2 bridgehead atoms. The second-order valence-electron chi connectivity index (χ2n) is 11.2. The van der Waals surface area contributed by atoms with E-state index in [-0.39, 0.29) is 41.1 Å². The molecule has 2 fully saturated rings. The number of benzene rings is 2. The van der Waals surface area contributed by atoms with Gasteiger partial charge in [0.15, 0.2) is 0 Å². The van der Waals surface area contributed by atoms with E-state index in [1.165, 1.54) is 24.3 Å². The normalized spacial score (nSPS) is 23.7. The van der Waals surface area contributed by atoms with Gasteiger partial charge in [0.25, 0.3) is 0 Å². The molecule has 2 aromatic carbocycles. The molecule has 3 heterocycles. The van der Waals surface area contributed by atoms with Crippen molar-refractivity contribution in [2.45, 2.75) is 55.9 Å². The van der Waals surface area contributed by atoms with Gasteiger partial charge in [-0.25, -0.2) is 8.70 Å². The Kier molecular flexibility index (Phi) is 9.85. The molecule has 238 valence electrons. The van der Waals surface area contributed by atoms with Crippen LogP contribution in [0.3, 0.4) is 0 Å². The zero-order valence-electron chi connectivity index (χ0n) is 23.6. The molecule has 5 rings (SSSR count). The summed E-state index contributed by atoms with van der Waals surface area (Å²) < 4.78 is 78.9. The van der Waals surface area contributed by atoms with Gasteiger partial charge in [-0.1, -0.05) is 29.8 Å². The van der Waals surface area contributed by atoms with Gasteiger partial charge in [0.1, 0.15) is 11.5 Å². The molecular weight excluding hydrogens is 622 g/mol. The number of fused-ring (bicyclic) bond motifs is 2. The first-order valence-corrected chi connectivity index (χ1v) is 16.3. The van der Waals surface area contributed by atoms with Gasteiger partial charge in [-0.15, -0.1) is 10.8 Å². The Hall–Kier alpha value is -2.78. The molecule has 14 heteroatoms. The van der Waals surface area contributed by atoms with Gasteiger partial charge in [0.05, 0.1) is 11.8 Å². The van der Waals surface area contributed by atoms with Crippen molar-refractivity contribution < 1.29 is 31.5 Å². The third-order valence-corrected chi connectivity index (χ3v) is 10.5. The molecule has 2 aliphatic rings. The second-order valence-corrected chi connectivity index (χ2v) is 13.7. The van der Waals surface area contributed by atoms with Gasteiger partial charge in [0, 0.05) is 53.6 Å². The highest BCUT2D eigenvalue weighted by Gasteiger charge is 2.38. The number of halogens is 5. The number of pyridine rings is 1. The number of hydrogen-bond donors (Lipinski definition) is 5. The van der Waals surface area contributed by atoms with E-state index in [2.05, 4.69) is 15.6 Å². The van der Waals surface area contributed by atoms with E-state index in [1.54, 1.807) is 28.6 Å². The first-order valence-electron chi connectivity index (χ1n) is 14.2. The van der Waals surface area contributed by atoms with Crippen molar-refractivity contribution in [3.63, 3.8) is 0 Å². The number of aromatic nitrogens is 1. The Morgan fingerprint density at radius 2 is 1.93 bits per heavy atom. The number of nitrogens with two attached hydrogens (primary N) is 1. The minimum Gasteiger partial charge on any atom is -0.324 e. The van der Waals surface area contributed by atoms with Gasteiger partial charge >= 0.3 is 6.18 Å². The van der Waals surface area contributed by atoms with Gasteiger partial charge in [-0.2, -0.15) is 13.2 Å². The van der Waals surface area contributed by atoms with Crippen molar-refractivity contribution in [2.24, 2.45) is 5.73 Å². The number of carbonyl (C=O) groups is 1. The lowest BCUT2D eigenvalue weighted by Crippen LogP contribution is -2.55. The Balaban J connectivity index is 1.38. The van der Waals surface area contributed by atoms with Gasteiger partial charge in [-0.05, 0) is 73.2 Å². The molecule has 0 aliphatic carbocycles. The van der Waals surface area contributed by atoms with Crippen molar-refractivity contribution in [1.82, 2.24) is 14.6 Å². The van der Waals surface area contributed by atoms with E-state index in [4.69, 9.17) is 17.3 Å². The van der Waals surface area contributed by atoms with E-state index in [9.17, 15) is 27.1 Å². The third-order valence-electron chi connectivity index (χ3n) is 8.22. The molecule has 44 heavy (non-hydrogen) atoms. The molecule has 6 N–H and O–H groups in total. The number of alkyl halides is 3. The maximum atomic E-state index is 15.2. The monoisotopic (exact) mass is 655 g/mol. The summed E-state index contributed by atoms with van der Waals surface area (Å²) in [6.07, 6.45) is -1.59. The van der Waals surface area contributed by atoms with Crippen LogP contribution in [0.5, 0.6) is 0 Å². The average Bonchev–Trinajstić information content (AvgIpc) is 3.09. The molecule has 1 aromatic heterocycles. The second kappa shape index (κ2) is 13.3. The third kappa shape index (κ3) is 7.36. The SMILES string of the molecule is N[C@H](C(=O)Nc1cccc(F)c1CCC1CNC2CCCS(O)(O)N1C2)[C@@H](c1ccc(Cl)cc1)c1ccnc(C(F)(F)F)c1. The fourth-order valence-corrected chi connectivity index (χ4v) is 7.94. The number of anilines is 1. The summed E-state index contributed by atoms with van der Waals surface area (Å²) >= 11 is 6.03. The molecule has 3 aromatic rings. The van der Waals surface area contributed by atoms with E-state index < -0.39 is 46.3 Å². The Morgan fingerprint density at radius 1 is 1.18 bits per heavy atom. The summed E-state index contributed by atoms with van der Waals surface area (Å²) in [5, 5.41) is 6.53. The molecule has 0 saturated carbocycles. The number of hydrogen-bond acceptors (Lipinski definition) is 7. The van der Waals surface area contributed by atoms with Gasteiger partial charge in [0.2, 0.25) is 5.91 Å². The lowest BCUT2D eigenvalue weighted by atomic mass is 9.85. The van der Waals surface area contributed by atoms with Crippen molar-refractivity contribution >= 4 is 34.0 Å². The number of rotatable bonds is 8. The maximum absolute atomic E-state index is 15.2. The Labute approximate surface area is 259 Å². The number of amides is 1. The van der Waals surface area contributed by atoms with Crippen LogP contribution in [0.25, 0.3) is 0 Å². The van der Waals surface area contributed by atoms with Crippen molar-refractivity contribution in [3.05, 3.63) is 94.0 Å². The topological polar surface area (TPSA) is 124 Å². The van der Waals surface area contributed by atoms with Crippen molar-refractivity contribution in [2.75, 3.05) is 24.2 Å². The highest BCUT2D eigenvalue weighted by molar-refractivity contribution is 8.22. The Bertz CT molecular complexity index is 1480. The van der Waals surface area contributed by atoms with Gasteiger partial charge in [-0.3, -0.25) is 18.9 Å². The van der Waals surface area contributed by atoms with Crippen LogP contribution in [0.15, 0.2) is 60.8 Å². The van der Waals surface area contributed by atoms with Crippen LogP contribution in [-0.2, 0) is 17.4 Å². The van der Waals surface area contributed by atoms with Crippen LogP contribution in [0.2, 0.25) is 5.02 Å². The molecule has 3 unspecified atom stereocenters. The highest BCUT2D eigenvalue weighted by Crippen LogP contribution is 2.49. The van der Waals surface area contributed by atoms with E-state index in [1.807, 2.05) is 0 Å².